The van der Waals surface area contributed by atoms with Crippen LogP contribution in [0, 0.1) is 49.4 Å². The summed E-state index contributed by atoms with van der Waals surface area (Å²) >= 11 is 1.51. The zero-order valence-electron chi connectivity index (χ0n) is 49.1. The Hall–Kier alpha value is -7.37. The number of aliphatic hydroxyl groups is 1. The van der Waals surface area contributed by atoms with Crippen LogP contribution in [-0.4, -0.2) is 119 Å². The quantitative estimate of drug-likeness (QED) is 0.0449. The van der Waals surface area contributed by atoms with Crippen molar-refractivity contribution in [2.75, 3.05) is 29.6 Å². The van der Waals surface area contributed by atoms with Crippen LogP contribution in [0.1, 0.15) is 124 Å². The zero-order chi connectivity index (χ0) is 59.4. The first-order valence-corrected chi connectivity index (χ1v) is 31.7. The van der Waals surface area contributed by atoms with Gasteiger partial charge in [0, 0.05) is 68.8 Å². The molecule has 444 valence electrons. The van der Waals surface area contributed by atoms with Gasteiger partial charge in [-0.25, -0.2) is 23.1 Å². The minimum atomic E-state index is -4.22. The molecule has 3 atom stereocenters. The van der Waals surface area contributed by atoms with Crippen molar-refractivity contribution in [2.24, 2.45) is 35.6 Å². The van der Waals surface area contributed by atoms with Crippen LogP contribution in [0.2, 0.25) is 0 Å². The molecule has 2 aromatic carbocycles. The number of likely N-dealkylation sites (tertiary alicyclic amines) is 1. The van der Waals surface area contributed by atoms with Gasteiger partial charge in [-0.2, -0.15) is 10.2 Å². The molecule has 0 unspecified atom stereocenters. The number of nitrogens with zero attached hydrogens (tertiary/aromatic N) is 10. The minimum absolute atomic E-state index is 0.00462. The third-order valence-electron chi connectivity index (χ3n) is 17.7. The third kappa shape index (κ3) is 12.4. The molecule has 5 fully saturated rings. The van der Waals surface area contributed by atoms with E-state index in [4.69, 9.17) is 10.1 Å². The molecular formula is C61H76N14O7S2. The molecule has 4 bridgehead atoms. The Morgan fingerprint density at radius 2 is 1.62 bits per heavy atom. The second-order valence-electron chi connectivity index (χ2n) is 25.3. The van der Waals surface area contributed by atoms with Crippen LogP contribution in [0.4, 0.5) is 22.6 Å². The first-order chi connectivity index (χ1) is 40.0. The molecule has 4 amide bonds. The molecule has 84 heavy (non-hydrogen) atoms. The molecule has 4 saturated carbocycles. The molecule has 0 spiro atoms. The smallest absolute Gasteiger partial charge is 0.284 e. The first kappa shape index (κ1) is 58.4. The van der Waals surface area contributed by atoms with Gasteiger partial charge in [-0.05, 0) is 154 Å². The van der Waals surface area contributed by atoms with Crippen LogP contribution in [0.5, 0.6) is 0 Å². The average molecular weight is 1180 g/mol. The fourth-order valence-corrected chi connectivity index (χ4v) is 15.8. The zero-order valence-corrected chi connectivity index (χ0v) is 50.7. The number of sulfonamides is 1. The summed E-state index contributed by atoms with van der Waals surface area (Å²) in [7, 11) is -0.587. The number of anilines is 4. The van der Waals surface area contributed by atoms with Gasteiger partial charge in [-0.3, -0.25) is 28.5 Å². The van der Waals surface area contributed by atoms with E-state index in [0.29, 0.717) is 46.6 Å². The Morgan fingerprint density at radius 1 is 0.881 bits per heavy atom. The monoisotopic (exact) mass is 1180 g/mol. The van der Waals surface area contributed by atoms with Gasteiger partial charge in [0.1, 0.15) is 23.6 Å². The van der Waals surface area contributed by atoms with Gasteiger partial charge in [0.25, 0.3) is 5.91 Å². The van der Waals surface area contributed by atoms with E-state index in [1.807, 2.05) is 97.1 Å². The van der Waals surface area contributed by atoms with Crippen molar-refractivity contribution in [3.8, 4) is 11.1 Å². The minimum Gasteiger partial charge on any atom is -0.391 e. The average Bonchev–Trinajstić information content (AvgIpc) is 2.15. The van der Waals surface area contributed by atoms with Crippen LogP contribution in [0.25, 0.3) is 32.2 Å². The number of rotatable bonds is 20. The Labute approximate surface area is 493 Å². The molecule has 5 aliphatic rings. The Bertz CT molecular complexity index is 3720. The molecule has 6 heterocycles. The highest BCUT2D eigenvalue weighted by molar-refractivity contribution is 7.90. The molecule has 5 N–H and O–H groups in total. The second kappa shape index (κ2) is 23.2. The highest BCUT2D eigenvalue weighted by Crippen LogP contribution is 2.60. The number of fused-ring (bicyclic) bond motifs is 2. The lowest BCUT2D eigenvalue weighted by Crippen LogP contribution is -2.57. The van der Waals surface area contributed by atoms with E-state index in [-0.39, 0.29) is 43.5 Å². The molecule has 5 aromatic heterocycles. The number of β-amino-alcohol motifs (C(OH)–C–C–N with tert-alkyl or cyclic N) is 1. The van der Waals surface area contributed by atoms with Crippen molar-refractivity contribution in [3.05, 3.63) is 95.1 Å². The number of nitrogens with one attached hydrogen (secondary N) is 4. The van der Waals surface area contributed by atoms with Crippen LogP contribution in [0.15, 0.2) is 66.9 Å². The van der Waals surface area contributed by atoms with Crippen LogP contribution in [0.3, 0.4) is 0 Å². The van der Waals surface area contributed by atoms with E-state index in [2.05, 4.69) is 45.6 Å². The summed E-state index contributed by atoms with van der Waals surface area (Å²) in [6.07, 6.45) is 9.24. The Kier molecular flexibility index (Phi) is 16.2. The Morgan fingerprint density at radius 3 is 2.33 bits per heavy atom. The molecule has 1 saturated heterocycles. The standard InChI is InChI=1S/C61H76N14O7S2/c1-35-22-51(68-69-55(35)67-59-64-46-14-11-12-15-49(46)83-59)72(7)50-20-18-43(45-32-63-75(37(45)3)34-61-28-39-23-40(29-61)25-41(24-39)30-61)53(65-50)57(79)71-84(81,82)21-13-9-10-16-52(77)66-54(60(4,5)6)58(80)74-33-42(76)27-48(74)56(78)62-31-38-17-19-47-44(26-38)36(2)70-73(47)8/h11-12,14-15,17-20,22,26,32,39-42,48,54,76H,9-10,13,16,21,23-25,27-31,33-34H2,1-8H3,(H,62,78)(H,66,77)(H,71,79)(H,64,67,69)/t39?,40?,41?,42-,48+,54-,61?/m1/s1. The van der Waals surface area contributed by atoms with Gasteiger partial charge >= 0.3 is 0 Å². The number of hydrogen-bond donors (Lipinski definition) is 5. The summed E-state index contributed by atoms with van der Waals surface area (Å²) in [5, 5.41) is 39.8. The highest BCUT2D eigenvalue weighted by Gasteiger charge is 2.51. The highest BCUT2D eigenvalue weighted by atomic mass is 32.2. The number of unbranched alkanes of at least 4 members (excludes halogenated alkanes) is 2. The first-order valence-electron chi connectivity index (χ1n) is 29.3. The number of para-hydroxylation sites is 1. The number of pyridine rings is 1. The number of thiazole rings is 1. The van der Waals surface area contributed by atoms with Crippen molar-refractivity contribution in [3.63, 3.8) is 0 Å². The van der Waals surface area contributed by atoms with Gasteiger partial charge in [-0.1, -0.05) is 56.7 Å². The predicted molar refractivity (Wildman–Crippen MR) is 323 cm³/mol. The SMILES string of the molecule is Cc1cc(N(C)c2ccc(-c3cnn(CC45CC6CC(CC(C6)C4)C5)c3C)c(C(=O)NS(=O)(=O)CCCCCC(=O)N[C@H](C(=O)N3C[C@H](O)C[C@H]3C(=O)NCc3ccc4c(c3)c(C)nn4C)C(C)(C)C)n2)nnc1Nc1nc2ccccc2s1. The largest absolute Gasteiger partial charge is 0.391 e. The van der Waals surface area contributed by atoms with Gasteiger partial charge < -0.3 is 30.9 Å². The van der Waals surface area contributed by atoms with E-state index in [0.717, 1.165) is 67.9 Å². The van der Waals surface area contributed by atoms with E-state index >= 15 is 0 Å². The van der Waals surface area contributed by atoms with Crippen LogP contribution >= 0.6 is 11.3 Å². The number of aryl methyl sites for hydroxylation is 3. The lowest BCUT2D eigenvalue weighted by atomic mass is 9.49. The second-order valence-corrected chi connectivity index (χ2v) is 28.2. The van der Waals surface area contributed by atoms with Crippen molar-refractivity contribution in [1.29, 1.82) is 0 Å². The third-order valence-corrected chi connectivity index (χ3v) is 20.0. The molecule has 23 heteroatoms. The number of amides is 4. The van der Waals surface area contributed by atoms with E-state index in [1.54, 1.807) is 35.0 Å². The van der Waals surface area contributed by atoms with Gasteiger partial charge in [0.05, 0.1) is 39.5 Å². The number of carbonyl (C=O) groups excluding carboxylic acids is 4. The maximum absolute atomic E-state index is 14.5. The topological polar surface area (TPSA) is 264 Å². The van der Waals surface area contributed by atoms with E-state index < -0.39 is 63.0 Å². The van der Waals surface area contributed by atoms with Crippen molar-refractivity contribution in [2.45, 2.75) is 143 Å². The number of aromatic nitrogens is 8. The van der Waals surface area contributed by atoms with Crippen LogP contribution in [-0.2, 0) is 44.5 Å². The van der Waals surface area contributed by atoms with Gasteiger partial charge in [-0.15, -0.1) is 10.2 Å². The number of benzene rings is 2. The maximum atomic E-state index is 14.5. The molecule has 7 aromatic rings. The number of aliphatic hydroxyl groups excluding tert-OH is 1. The fraction of sp³-hybridized carbons (Fsp3) is 0.508. The molecule has 0 radical (unpaired) electrons. The normalized spacial score (nSPS) is 21.5. The van der Waals surface area contributed by atoms with Gasteiger partial charge in [0.15, 0.2) is 16.8 Å². The van der Waals surface area contributed by atoms with Crippen LogP contribution < -0.4 is 25.6 Å². The maximum Gasteiger partial charge on any atom is 0.284 e. The summed E-state index contributed by atoms with van der Waals surface area (Å²) in [6.45, 7) is 12.2. The Balaban J connectivity index is 0.732. The molecule has 21 nitrogen and oxygen atoms in total. The van der Waals surface area contributed by atoms with Crippen molar-refractivity contribution < 1.29 is 32.7 Å². The molecular weight excluding hydrogens is 1100 g/mol. The molecule has 4 aliphatic carbocycles. The van der Waals surface area contributed by atoms with Gasteiger partial charge in [0.2, 0.25) is 27.7 Å². The van der Waals surface area contributed by atoms with Crippen molar-refractivity contribution >= 4 is 88.7 Å². The number of carbonyl (C=O) groups is 4. The molecule has 12 rings (SSSR count). The molecule has 1 aliphatic heterocycles. The predicted octanol–water partition coefficient (Wildman–Crippen LogP) is 8.31. The lowest BCUT2D eigenvalue weighted by Gasteiger charge is -2.56. The van der Waals surface area contributed by atoms with E-state index in [9.17, 15) is 32.7 Å². The summed E-state index contributed by atoms with van der Waals surface area (Å²) in [6, 6.07) is 17.1. The fourth-order valence-electron chi connectivity index (χ4n) is 13.9. The summed E-state index contributed by atoms with van der Waals surface area (Å²) < 4.78 is 34.8. The lowest BCUT2D eigenvalue weighted by molar-refractivity contribution is -0.144. The van der Waals surface area contributed by atoms with Crippen molar-refractivity contribution in [1.82, 2.24) is 60.0 Å². The summed E-state index contributed by atoms with van der Waals surface area (Å²) in [4.78, 5) is 68.5. The number of hydrogen-bond acceptors (Lipinski definition) is 16. The van der Waals surface area contributed by atoms with E-state index in [1.165, 1.54) is 54.8 Å². The summed E-state index contributed by atoms with van der Waals surface area (Å²) in [5.41, 5.74) is 5.69. The summed E-state index contributed by atoms with van der Waals surface area (Å²) in [5.74, 6) is 1.01.